The second-order valence-corrected chi connectivity index (χ2v) is 12.4. The molecule has 0 amide bonds. The molecular weight excluding hydrogens is 693 g/mol. The maximum Gasteiger partial charge on any atom is 0.137 e. The van der Waals surface area contributed by atoms with E-state index in [1.165, 1.54) is 0 Å². The smallest absolute Gasteiger partial charge is 0.137 e. The van der Waals surface area contributed by atoms with Crippen molar-refractivity contribution in [3.8, 4) is 44.8 Å². The standard InChI is InChI=1S/C54H34N2O/c1-3-14-35(15-4-1)39-26-29-43-53(34-39)57-52-25-13-24-51(54(43)52)56-48-23-12-9-20-42(48)45-33-38(28-31-50(45)56)37-27-30-49-44(32-37)41-19-8-11-22-47(41)55(49)46-21-10-7-18-40(46)36-16-5-2-6-17-36/h1-34H/i1D,2D,3D,4D,5D,6D,7D,8D,9D,10D,11D,12D,13D,14D,15D,16D,17D,18D,19D,20D,21D,22D,23D,24D,25D,26D,27D,29D,30D,31D,32D,33D,34D. The minimum atomic E-state index is -1.05. The van der Waals surface area contributed by atoms with Crippen LogP contribution in [0.25, 0.3) is 110 Å². The normalized spacial score (nSPS) is 20.0. The van der Waals surface area contributed by atoms with Crippen LogP contribution in [0, 0.1) is 0 Å². The number of benzene rings is 9. The summed E-state index contributed by atoms with van der Waals surface area (Å²) in [7, 11) is 0. The SMILES string of the molecule is [2H]c1c([2H])c([2H])c(-c2c([2H])c([2H])c([2H])c([2H])c2-n2c3c([2H])c([2H])c([2H])c([2H])c3c3c([2H])c(-c4cc([2H])c5c(c4[2H])c4c([2H])c([2H])c([2H])c([2H])c4n5-c4c([2H])c([2H])c([2H])c5oc6c([2H])c(-c7c([2H])c([2H])c([2H])c([2H])c7[2H])c([2H])c([2H])c6c45)c([2H])c([2H])c32)c([2H])c1[2H]. The van der Waals surface area contributed by atoms with E-state index in [4.69, 9.17) is 30.5 Å². The Bertz CT molecular complexity index is 5410. The summed E-state index contributed by atoms with van der Waals surface area (Å²) in [4.78, 5) is 0. The summed E-state index contributed by atoms with van der Waals surface area (Å²) >= 11 is 0. The number of furan rings is 1. The number of hydrogen-bond donors (Lipinski definition) is 0. The summed E-state index contributed by atoms with van der Waals surface area (Å²) in [5, 5.41) is -3.58. The second-order valence-electron chi connectivity index (χ2n) is 12.4. The first-order chi connectivity index (χ1) is 42.0. The molecule has 3 heterocycles. The zero-order valence-electron chi connectivity index (χ0n) is 61.4. The molecule has 12 rings (SSSR count). The maximum absolute atomic E-state index is 10.1. The molecule has 0 spiro atoms. The molecule has 0 atom stereocenters. The Morgan fingerprint density at radius 3 is 1.67 bits per heavy atom. The third-order valence-corrected chi connectivity index (χ3v) is 9.31. The Hall–Kier alpha value is -7.62. The van der Waals surface area contributed by atoms with E-state index in [-0.39, 0.29) is 0 Å². The molecule has 3 heteroatoms. The van der Waals surface area contributed by atoms with Crippen molar-refractivity contribution in [2.75, 3.05) is 0 Å². The van der Waals surface area contributed by atoms with Crippen LogP contribution in [0.4, 0.5) is 0 Å². The fraction of sp³-hybridized carbons (Fsp3) is 0. The molecule has 0 aliphatic carbocycles. The van der Waals surface area contributed by atoms with E-state index in [0.29, 0.717) is 4.57 Å². The number of nitrogens with zero attached hydrogens (tertiary/aromatic N) is 2. The molecule has 3 aromatic heterocycles. The Labute approximate surface area is 375 Å². The quantitative estimate of drug-likeness (QED) is 0.171. The summed E-state index contributed by atoms with van der Waals surface area (Å²) in [6, 6.07) is -29.9. The van der Waals surface area contributed by atoms with Crippen molar-refractivity contribution in [2.24, 2.45) is 0 Å². The van der Waals surface area contributed by atoms with Gasteiger partial charge in [0.2, 0.25) is 0 Å². The van der Waals surface area contributed by atoms with Gasteiger partial charge in [-0.1, -0.05) is 139 Å². The van der Waals surface area contributed by atoms with Crippen LogP contribution in [0.1, 0.15) is 45.2 Å². The van der Waals surface area contributed by atoms with E-state index in [1.54, 1.807) is 0 Å². The average molecular weight is 760 g/mol. The highest BCUT2D eigenvalue weighted by molar-refractivity contribution is 6.16. The van der Waals surface area contributed by atoms with Gasteiger partial charge in [0.1, 0.15) is 11.2 Å². The Balaban J connectivity index is 1.25. The van der Waals surface area contributed by atoms with Crippen LogP contribution in [0.15, 0.2) is 210 Å². The summed E-state index contributed by atoms with van der Waals surface area (Å²) in [6.45, 7) is 0. The van der Waals surface area contributed by atoms with E-state index < -0.39 is 310 Å². The summed E-state index contributed by atoms with van der Waals surface area (Å²) in [5.41, 5.74) is -9.94. The van der Waals surface area contributed by atoms with Gasteiger partial charge in [-0.25, -0.2) is 0 Å². The molecule has 0 bridgehead atoms. The lowest BCUT2D eigenvalue weighted by molar-refractivity contribution is 0.669. The van der Waals surface area contributed by atoms with Crippen LogP contribution in [-0.4, -0.2) is 9.13 Å². The fourth-order valence-electron chi connectivity index (χ4n) is 6.93. The molecule has 3 nitrogen and oxygen atoms in total. The van der Waals surface area contributed by atoms with Crippen molar-refractivity contribution in [1.82, 2.24) is 9.13 Å². The predicted molar refractivity (Wildman–Crippen MR) is 239 cm³/mol. The van der Waals surface area contributed by atoms with E-state index >= 15 is 0 Å². The molecule has 12 aromatic rings. The van der Waals surface area contributed by atoms with Crippen LogP contribution >= 0.6 is 0 Å². The third-order valence-electron chi connectivity index (χ3n) is 9.31. The Morgan fingerprint density at radius 1 is 0.333 bits per heavy atom. The van der Waals surface area contributed by atoms with Gasteiger partial charge in [-0.2, -0.15) is 0 Å². The maximum atomic E-state index is 10.1. The van der Waals surface area contributed by atoms with Crippen LogP contribution in [0.3, 0.4) is 0 Å². The van der Waals surface area contributed by atoms with Crippen molar-refractivity contribution < 1.29 is 49.7 Å². The zero-order valence-corrected chi connectivity index (χ0v) is 28.4. The van der Waals surface area contributed by atoms with Crippen molar-refractivity contribution in [1.29, 1.82) is 0 Å². The van der Waals surface area contributed by atoms with E-state index in [9.17, 15) is 19.2 Å². The third kappa shape index (κ3) is 4.86. The molecule has 0 unspecified atom stereocenters. The molecule has 0 fully saturated rings. The lowest BCUT2D eigenvalue weighted by Gasteiger charge is -2.14. The Kier molecular flexibility index (Phi) is 2.90. The molecule has 0 saturated carbocycles. The van der Waals surface area contributed by atoms with Crippen LogP contribution in [-0.2, 0) is 0 Å². The highest BCUT2D eigenvalue weighted by atomic mass is 16.3. The molecule has 0 saturated heterocycles. The highest BCUT2D eigenvalue weighted by Gasteiger charge is 2.20. The minimum absolute atomic E-state index is 0.540. The van der Waals surface area contributed by atoms with Crippen molar-refractivity contribution in [3.05, 3.63) is 205 Å². The van der Waals surface area contributed by atoms with Gasteiger partial charge in [-0.05, 0) is 94.3 Å². The van der Waals surface area contributed by atoms with Crippen molar-refractivity contribution >= 4 is 65.6 Å². The topological polar surface area (TPSA) is 23.0 Å². The van der Waals surface area contributed by atoms with Gasteiger partial charge in [0.25, 0.3) is 0 Å². The van der Waals surface area contributed by atoms with Gasteiger partial charge in [0.05, 0.1) is 84.1 Å². The van der Waals surface area contributed by atoms with Crippen LogP contribution in [0.2, 0.25) is 0 Å². The monoisotopic (exact) mass is 759 g/mol. The van der Waals surface area contributed by atoms with Crippen LogP contribution < -0.4 is 0 Å². The first kappa shape index (κ1) is 13.3. The summed E-state index contributed by atoms with van der Waals surface area (Å²) in [6.07, 6.45) is 0. The molecule has 0 N–H and O–H groups in total. The number of aromatic nitrogens is 2. The minimum Gasteiger partial charge on any atom is -0.456 e. The molecule has 57 heavy (non-hydrogen) atoms. The first-order valence-electron chi connectivity index (χ1n) is 33.3. The van der Waals surface area contributed by atoms with Gasteiger partial charge >= 0.3 is 0 Å². The zero-order chi connectivity index (χ0) is 66.2. The number of hydrogen-bond acceptors (Lipinski definition) is 1. The molecule has 0 radical (unpaired) electrons. The van der Waals surface area contributed by atoms with E-state index in [2.05, 4.69) is 0 Å². The molecular formula is C54H34N2O. The van der Waals surface area contributed by atoms with Crippen LogP contribution in [0.5, 0.6) is 0 Å². The number of rotatable bonds is 5. The second kappa shape index (κ2) is 12.5. The highest BCUT2D eigenvalue weighted by Crippen LogP contribution is 2.42. The van der Waals surface area contributed by atoms with Crippen molar-refractivity contribution in [2.45, 2.75) is 0 Å². The molecule has 9 aromatic carbocycles. The van der Waals surface area contributed by atoms with Gasteiger partial charge in [-0.15, -0.1) is 0 Å². The fourth-order valence-corrected chi connectivity index (χ4v) is 6.93. The van der Waals surface area contributed by atoms with Gasteiger partial charge in [-0.3, -0.25) is 0 Å². The van der Waals surface area contributed by atoms with Crippen molar-refractivity contribution in [3.63, 3.8) is 0 Å². The van der Waals surface area contributed by atoms with Gasteiger partial charge in [0.15, 0.2) is 0 Å². The van der Waals surface area contributed by atoms with E-state index in [1.807, 2.05) is 0 Å². The molecule has 266 valence electrons. The average Bonchev–Trinajstić information content (AvgIpc) is 1.52. The largest absolute Gasteiger partial charge is 0.456 e. The predicted octanol–water partition coefficient (Wildman–Crippen LogP) is 14.8. The number of fused-ring (bicyclic) bond motifs is 9. The Morgan fingerprint density at radius 2 is 0.895 bits per heavy atom. The summed E-state index contributed by atoms with van der Waals surface area (Å²) < 4.78 is 306. The summed E-state index contributed by atoms with van der Waals surface area (Å²) in [5.74, 6) is 0. The first-order valence-corrected chi connectivity index (χ1v) is 16.8. The lowest BCUT2D eigenvalue weighted by atomic mass is 10.0. The van der Waals surface area contributed by atoms with Gasteiger partial charge in [0, 0.05) is 32.5 Å². The molecule has 0 aliphatic heterocycles. The number of para-hydroxylation sites is 3. The van der Waals surface area contributed by atoms with Gasteiger partial charge < -0.3 is 13.6 Å². The molecule has 0 aliphatic rings. The van der Waals surface area contributed by atoms with E-state index in [0.717, 1.165) is 10.6 Å². The lowest BCUT2D eigenvalue weighted by Crippen LogP contribution is -1.97.